The highest BCUT2D eigenvalue weighted by molar-refractivity contribution is 6.33. The van der Waals surface area contributed by atoms with Crippen molar-refractivity contribution in [2.24, 2.45) is 0 Å². The number of carbonyl (C=O) groups excluding carboxylic acids is 2. The van der Waals surface area contributed by atoms with E-state index < -0.39 is 11.9 Å². The Balaban J connectivity index is 1.58. The van der Waals surface area contributed by atoms with E-state index in [1.54, 1.807) is 36.4 Å². The van der Waals surface area contributed by atoms with E-state index in [0.717, 1.165) is 12.0 Å². The minimum atomic E-state index is -0.516. The number of benzene rings is 3. The Morgan fingerprint density at radius 3 is 2.29 bits per heavy atom. The molecule has 0 unspecified atom stereocenters. The van der Waals surface area contributed by atoms with Gasteiger partial charge in [0.15, 0.2) is 6.61 Å². The zero-order valence-electron chi connectivity index (χ0n) is 15.2. The number of rotatable bonds is 7. The van der Waals surface area contributed by atoms with Crippen LogP contribution in [-0.2, 0) is 22.4 Å². The summed E-state index contributed by atoms with van der Waals surface area (Å²) in [6, 6.07) is 24.3. The normalized spacial score (nSPS) is 10.3. The molecular formula is C23H20ClNO3. The fourth-order valence-electron chi connectivity index (χ4n) is 2.82. The highest BCUT2D eigenvalue weighted by Gasteiger charge is 2.14. The molecule has 3 aromatic carbocycles. The van der Waals surface area contributed by atoms with E-state index in [4.69, 9.17) is 16.3 Å². The Morgan fingerprint density at radius 2 is 1.50 bits per heavy atom. The molecule has 3 rings (SSSR count). The molecular weight excluding hydrogens is 374 g/mol. The first-order valence-electron chi connectivity index (χ1n) is 8.97. The second-order valence-electron chi connectivity index (χ2n) is 6.25. The number of halogens is 1. The average molecular weight is 394 g/mol. The van der Waals surface area contributed by atoms with Crippen LogP contribution in [0.4, 0.5) is 5.69 Å². The van der Waals surface area contributed by atoms with Crippen molar-refractivity contribution >= 4 is 29.2 Å². The number of nitrogens with one attached hydrogen (secondary N) is 1. The van der Waals surface area contributed by atoms with Gasteiger partial charge in [-0.15, -0.1) is 0 Å². The summed E-state index contributed by atoms with van der Waals surface area (Å²) < 4.78 is 5.20. The molecule has 0 aliphatic carbocycles. The van der Waals surface area contributed by atoms with Gasteiger partial charge in [-0.1, -0.05) is 72.3 Å². The summed E-state index contributed by atoms with van der Waals surface area (Å²) in [5.41, 5.74) is 3.05. The molecule has 1 amide bonds. The monoisotopic (exact) mass is 393 g/mol. The van der Waals surface area contributed by atoms with Crippen molar-refractivity contribution in [1.82, 2.24) is 0 Å². The quantitative estimate of drug-likeness (QED) is 0.579. The van der Waals surface area contributed by atoms with E-state index >= 15 is 0 Å². The fourth-order valence-corrected chi connectivity index (χ4v) is 3.00. The SMILES string of the molecule is O=C(COC(=O)c1ccccc1CCc1ccccc1)Nc1ccccc1Cl. The first-order valence-corrected chi connectivity index (χ1v) is 9.34. The summed E-state index contributed by atoms with van der Waals surface area (Å²) in [6.45, 7) is -0.378. The fraction of sp³-hybridized carbons (Fsp3) is 0.130. The van der Waals surface area contributed by atoms with Crippen LogP contribution < -0.4 is 5.32 Å². The molecule has 0 aliphatic rings. The standard InChI is InChI=1S/C23H20ClNO3/c24-20-12-6-7-13-21(20)25-22(26)16-28-23(27)19-11-5-4-10-18(19)15-14-17-8-2-1-3-9-17/h1-13H,14-16H2,(H,25,26). The third-order valence-corrected chi connectivity index (χ3v) is 4.58. The molecule has 0 aromatic heterocycles. The molecule has 0 fully saturated rings. The maximum Gasteiger partial charge on any atom is 0.338 e. The molecule has 142 valence electrons. The van der Waals surface area contributed by atoms with Crippen molar-refractivity contribution in [2.45, 2.75) is 12.8 Å². The van der Waals surface area contributed by atoms with Crippen molar-refractivity contribution in [3.05, 3.63) is 101 Å². The van der Waals surface area contributed by atoms with Crippen molar-refractivity contribution < 1.29 is 14.3 Å². The van der Waals surface area contributed by atoms with Crippen LogP contribution in [0.3, 0.4) is 0 Å². The van der Waals surface area contributed by atoms with Crippen LogP contribution in [0.2, 0.25) is 5.02 Å². The number of aryl methyl sites for hydroxylation is 2. The minimum Gasteiger partial charge on any atom is -0.452 e. The van der Waals surface area contributed by atoms with Crippen LogP contribution in [0, 0.1) is 0 Å². The van der Waals surface area contributed by atoms with Gasteiger partial charge in [0, 0.05) is 0 Å². The molecule has 0 bridgehead atoms. The summed E-state index contributed by atoms with van der Waals surface area (Å²) >= 11 is 6.01. The van der Waals surface area contributed by atoms with E-state index in [1.165, 1.54) is 5.56 Å². The number of esters is 1. The molecule has 0 aliphatic heterocycles. The number of ether oxygens (including phenoxy) is 1. The van der Waals surface area contributed by atoms with Crippen LogP contribution in [-0.4, -0.2) is 18.5 Å². The maximum absolute atomic E-state index is 12.5. The van der Waals surface area contributed by atoms with E-state index in [1.807, 2.05) is 30.3 Å². The number of para-hydroxylation sites is 1. The first-order chi connectivity index (χ1) is 13.6. The Morgan fingerprint density at radius 1 is 0.821 bits per heavy atom. The lowest BCUT2D eigenvalue weighted by atomic mass is 10.00. The average Bonchev–Trinajstić information content (AvgIpc) is 2.73. The second kappa shape index (κ2) is 9.72. The zero-order chi connectivity index (χ0) is 19.8. The van der Waals surface area contributed by atoms with Crippen LogP contribution in [0.25, 0.3) is 0 Å². The van der Waals surface area contributed by atoms with Crippen LogP contribution >= 0.6 is 11.6 Å². The van der Waals surface area contributed by atoms with Crippen molar-refractivity contribution in [3.63, 3.8) is 0 Å². The van der Waals surface area contributed by atoms with Crippen LogP contribution in [0.1, 0.15) is 21.5 Å². The molecule has 5 heteroatoms. The summed E-state index contributed by atoms with van der Waals surface area (Å²) in [5, 5.41) is 3.05. The Hall–Kier alpha value is -3.11. The topological polar surface area (TPSA) is 55.4 Å². The lowest BCUT2D eigenvalue weighted by molar-refractivity contribution is -0.119. The van der Waals surface area contributed by atoms with Gasteiger partial charge in [0.05, 0.1) is 16.3 Å². The summed E-state index contributed by atoms with van der Waals surface area (Å²) in [4.78, 5) is 24.5. The number of hydrogen-bond donors (Lipinski definition) is 1. The van der Waals surface area contributed by atoms with Crippen molar-refractivity contribution in [1.29, 1.82) is 0 Å². The number of amides is 1. The van der Waals surface area contributed by atoms with Crippen LogP contribution in [0.15, 0.2) is 78.9 Å². The molecule has 0 heterocycles. The molecule has 0 atom stereocenters. The van der Waals surface area contributed by atoms with Gasteiger partial charge in [0.2, 0.25) is 0 Å². The molecule has 0 spiro atoms. The summed E-state index contributed by atoms with van der Waals surface area (Å²) in [6.07, 6.45) is 1.53. The molecule has 4 nitrogen and oxygen atoms in total. The summed E-state index contributed by atoms with van der Waals surface area (Å²) in [7, 11) is 0. The van der Waals surface area contributed by atoms with Crippen LogP contribution in [0.5, 0.6) is 0 Å². The maximum atomic E-state index is 12.5. The van der Waals surface area contributed by atoms with Gasteiger partial charge in [-0.2, -0.15) is 0 Å². The third kappa shape index (κ3) is 5.44. The first kappa shape index (κ1) is 19.6. The van der Waals surface area contributed by atoms with E-state index in [-0.39, 0.29) is 6.61 Å². The van der Waals surface area contributed by atoms with Gasteiger partial charge in [0.25, 0.3) is 5.91 Å². The number of hydrogen-bond acceptors (Lipinski definition) is 3. The highest BCUT2D eigenvalue weighted by Crippen LogP contribution is 2.20. The smallest absolute Gasteiger partial charge is 0.338 e. The number of carbonyl (C=O) groups is 2. The van der Waals surface area contributed by atoms with Gasteiger partial charge >= 0.3 is 5.97 Å². The Bertz CT molecular complexity index is 957. The third-order valence-electron chi connectivity index (χ3n) is 4.25. The van der Waals surface area contributed by atoms with Gasteiger partial charge in [-0.25, -0.2) is 4.79 Å². The minimum absolute atomic E-state index is 0.378. The molecule has 1 N–H and O–H groups in total. The lowest BCUT2D eigenvalue weighted by Gasteiger charge is -2.10. The Labute approximate surface area is 169 Å². The Kier molecular flexibility index (Phi) is 6.82. The van der Waals surface area contributed by atoms with Gasteiger partial charge in [0.1, 0.15) is 0 Å². The van der Waals surface area contributed by atoms with E-state index in [0.29, 0.717) is 22.7 Å². The van der Waals surface area contributed by atoms with Gasteiger partial charge in [-0.05, 0) is 42.2 Å². The predicted octanol–water partition coefficient (Wildman–Crippen LogP) is 4.92. The number of anilines is 1. The van der Waals surface area contributed by atoms with Gasteiger partial charge in [-0.3, -0.25) is 4.79 Å². The molecule has 28 heavy (non-hydrogen) atoms. The second-order valence-corrected chi connectivity index (χ2v) is 6.65. The highest BCUT2D eigenvalue weighted by atomic mass is 35.5. The molecule has 0 radical (unpaired) electrons. The van der Waals surface area contributed by atoms with E-state index in [9.17, 15) is 9.59 Å². The predicted molar refractivity (Wildman–Crippen MR) is 111 cm³/mol. The lowest BCUT2D eigenvalue weighted by Crippen LogP contribution is -2.21. The molecule has 0 saturated heterocycles. The molecule has 3 aromatic rings. The van der Waals surface area contributed by atoms with Crippen molar-refractivity contribution in [3.8, 4) is 0 Å². The largest absolute Gasteiger partial charge is 0.452 e. The van der Waals surface area contributed by atoms with Crippen molar-refractivity contribution in [2.75, 3.05) is 11.9 Å². The van der Waals surface area contributed by atoms with Gasteiger partial charge < -0.3 is 10.1 Å². The summed E-state index contributed by atoms with van der Waals surface area (Å²) in [5.74, 6) is -0.957. The zero-order valence-corrected chi connectivity index (χ0v) is 16.0. The molecule has 0 saturated carbocycles. The van der Waals surface area contributed by atoms with E-state index in [2.05, 4.69) is 17.4 Å².